The van der Waals surface area contributed by atoms with Crippen LogP contribution in [-0.4, -0.2) is 29.2 Å². The molecule has 2 nitrogen and oxygen atoms in total. The van der Waals surface area contributed by atoms with E-state index in [1.54, 1.807) is 0 Å². The van der Waals surface area contributed by atoms with E-state index in [-0.39, 0.29) is 18.2 Å². The molecule has 1 aliphatic rings. The topological polar surface area (TPSA) is 23.5 Å². The van der Waals surface area contributed by atoms with Gasteiger partial charge < -0.3 is 5.11 Å². The van der Waals surface area contributed by atoms with Crippen LogP contribution < -0.4 is 0 Å². The molecule has 1 heterocycles. The number of aliphatic hydroxyl groups excluding tert-OH is 1. The quantitative estimate of drug-likeness (QED) is 0.846. The number of aliphatic hydroxyl groups is 1. The van der Waals surface area contributed by atoms with Gasteiger partial charge in [-0.1, -0.05) is 0 Å². The number of hydrogen-bond donors (Lipinski definition) is 1. The van der Waals surface area contributed by atoms with Gasteiger partial charge in [-0.05, 0) is 44.0 Å². The van der Waals surface area contributed by atoms with Crippen LogP contribution in [0.1, 0.15) is 30.4 Å². The van der Waals surface area contributed by atoms with Gasteiger partial charge in [0.25, 0.3) is 0 Å². The molecule has 6 heteroatoms. The van der Waals surface area contributed by atoms with Gasteiger partial charge in [0.1, 0.15) is 5.82 Å². The van der Waals surface area contributed by atoms with E-state index in [0.29, 0.717) is 25.9 Å². The molecule has 2 rings (SSSR count). The molecule has 1 N–H and O–H groups in total. The molecule has 1 saturated heterocycles. The minimum absolute atomic E-state index is 0.0521. The summed E-state index contributed by atoms with van der Waals surface area (Å²) in [5.74, 6) is -0.622. The second-order valence-electron chi connectivity index (χ2n) is 5.16. The van der Waals surface area contributed by atoms with Crippen molar-refractivity contribution in [2.24, 2.45) is 0 Å². The molecule has 1 aliphatic heterocycles. The van der Waals surface area contributed by atoms with E-state index < -0.39 is 17.6 Å². The molecular weight excluding hydrogens is 274 g/mol. The van der Waals surface area contributed by atoms with E-state index in [9.17, 15) is 22.7 Å². The number of halogens is 4. The molecule has 0 aromatic heterocycles. The minimum Gasteiger partial charge on any atom is -0.393 e. The Hall–Kier alpha value is -1.14. The van der Waals surface area contributed by atoms with E-state index in [2.05, 4.69) is 0 Å². The molecule has 1 atom stereocenters. The minimum atomic E-state index is -4.46. The van der Waals surface area contributed by atoms with Gasteiger partial charge >= 0.3 is 6.18 Å². The zero-order chi connectivity index (χ0) is 14.8. The average Bonchev–Trinajstić information content (AvgIpc) is 2.56. The van der Waals surface area contributed by atoms with Crippen LogP contribution in [-0.2, 0) is 12.7 Å². The second kappa shape index (κ2) is 6.10. The Morgan fingerprint density at radius 3 is 2.65 bits per heavy atom. The first-order valence-electron chi connectivity index (χ1n) is 6.62. The third kappa shape index (κ3) is 3.93. The fourth-order valence-electron chi connectivity index (χ4n) is 2.41. The van der Waals surface area contributed by atoms with E-state index in [4.69, 9.17) is 0 Å². The zero-order valence-electron chi connectivity index (χ0n) is 11.0. The molecule has 0 bridgehead atoms. The van der Waals surface area contributed by atoms with Crippen molar-refractivity contribution in [2.45, 2.75) is 38.1 Å². The summed E-state index contributed by atoms with van der Waals surface area (Å²) < 4.78 is 51.5. The third-order valence-corrected chi connectivity index (χ3v) is 3.56. The van der Waals surface area contributed by atoms with Gasteiger partial charge in [0.15, 0.2) is 0 Å². The van der Waals surface area contributed by atoms with Gasteiger partial charge in [-0.3, -0.25) is 4.90 Å². The van der Waals surface area contributed by atoms with Gasteiger partial charge in [-0.2, -0.15) is 13.2 Å². The maximum absolute atomic E-state index is 13.6. The number of benzene rings is 1. The van der Waals surface area contributed by atoms with Crippen LogP contribution >= 0.6 is 0 Å². The van der Waals surface area contributed by atoms with Gasteiger partial charge in [-0.15, -0.1) is 0 Å². The second-order valence-corrected chi connectivity index (χ2v) is 5.16. The summed E-state index contributed by atoms with van der Waals surface area (Å²) in [7, 11) is 0. The third-order valence-electron chi connectivity index (χ3n) is 3.56. The largest absolute Gasteiger partial charge is 0.416 e. The molecule has 1 unspecified atom stereocenters. The Kier molecular flexibility index (Phi) is 4.65. The summed E-state index contributed by atoms with van der Waals surface area (Å²) in [6.07, 6.45) is -2.81. The monoisotopic (exact) mass is 291 g/mol. The fourth-order valence-corrected chi connectivity index (χ4v) is 2.41. The van der Waals surface area contributed by atoms with E-state index in [1.165, 1.54) is 0 Å². The Bertz CT molecular complexity index is 461. The Labute approximate surface area is 115 Å². The van der Waals surface area contributed by atoms with Crippen molar-refractivity contribution in [3.05, 3.63) is 35.1 Å². The maximum Gasteiger partial charge on any atom is 0.416 e. The molecule has 1 fully saturated rings. The standard InChI is InChI=1S/C14H17F4NO/c15-13-4-3-11(14(16,17)18)8-10(13)9-19-6-1-2-12(20)5-7-19/h3-4,8,12,20H,1-2,5-7,9H2. The van der Waals surface area contributed by atoms with Crippen molar-refractivity contribution in [3.8, 4) is 0 Å². The van der Waals surface area contributed by atoms with Crippen LogP contribution in [0.4, 0.5) is 17.6 Å². The van der Waals surface area contributed by atoms with Gasteiger partial charge in [-0.25, -0.2) is 4.39 Å². The number of likely N-dealkylation sites (tertiary alicyclic amines) is 1. The lowest BCUT2D eigenvalue weighted by Crippen LogP contribution is -2.25. The molecule has 0 spiro atoms. The van der Waals surface area contributed by atoms with Crippen LogP contribution in [0.15, 0.2) is 18.2 Å². The normalized spacial score (nSPS) is 21.8. The summed E-state index contributed by atoms with van der Waals surface area (Å²) in [6.45, 7) is 1.37. The molecule has 0 radical (unpaired) electrons. The molecular formula is C14H17F4NO. The lowest BCUT2D eigenvalue weighted by molar-refractivity contribution is -0.137. The number of rotatable bonds is 2. The highest BCUT2D eigenvalue weighted by Crippen LogP contribution is 2.30. The Morgan fingerprint density at radius 2 is 1.95 bits per heavy atom. The predicted molar refractivity (Wildman–Crippen MR) is 66.5 cm³/mol. The molecule has 1 aromatic carbocycles. The van der Waals surface area contributed by atoms with Crippen LogP contribution in [0.25, 0.3) is 0 Å². The summed E-state index contributed by atoms with van der Waals surface area (Å²) in [5.41, 5.74) is -0.778. The summed E-state index contributed by atoms with van der Waals surface area (Å²) in [4.78, 5) is 1.88. The van der Waals surface area contributed by atoms with Crippen LogP contribution in [0.5, 0.6) is 0 Å². The lowest BCUT2D eigenvalue weighted by Gasteiger charge is -2.20. The molecule has 0 amide bonds. The van der Waals surface area contributed by atoms with Crippen LogP contribution in [0.3, 0.4) is 0 Å². The lowest BCUT2D eigenvalue weighted by atomic mass is 10.1. The van der Waals surface area contributed by atoms with E-state index in [1.807, 2.05) is 4.90 Å². The smallest absolute Gasteiger partial charge is 0.393 e. The molecule has 1 aromatic rings. The maximum atomic E-state index is 13.6. The van der Waals surface area contributed by atoms with Crippen molar-refractivity contribution in [3.63, 3.8) is 0 Å². The van der Waals surface area contributed by atoms with Gasteiger partial charge in [0.05, 0.1) is 11.7 Å². The van der Waals surface area contributed by atoms with Crippen molar-refractivity contribution in [1.82, 2.24) is 4.90 Å². The van der Waals surface area contributed by atoms with Crippen molar-refractivity contribution >= 4 is 0 Å². The molecule has 20 heavy (non-hydrogen) atoms. The van der Waals surface area contributed by atoms with Crippen molar-refractivity contribution < 1.29 is 22.7 Å². The zero-order valence-corrected chi connectivity index (χ0v) is 11.0. The van der Waals surface area contributed by atoms with E-state index in [0.717, 1.165) is 24.6 Å². The van der Waals surface area contributed by atoms with Crippen LogP contribution in [0, 0.1) is 5.82 Å². The summed E-state index contributed by atoms with van der Waals surface area (Å²) >= 11 is 0. The molecule has 0 saturated carbocycles. The van der Waals surface area contributed by atoms with Crippen molar-refractivity contribution in [1.29, 1.82) is 0 Å². The first kappa shape index (κ1) is 15.3. The summed E-state index contributed by atoms with van der Waals surface area (Å²) in [6, 6.07) is 2.49. The number of nitrogens with zero attached hydrogens (tertiary/aromatic N) is 1. The summed E-state index contributed by atoms with van der Waals surface area (Å²) in [5, 5.41) is 9.53. The predicted octanol–water partition coefficient (Wildman–Crippen LogP) is 3.19. The van der Waals surface area contributed by atoms with Gasteiger partial charge in [0, 0.05) is 18.7 Å². The van der Waals surface area contributed by atoms with Gasteiger partial charge in [0.2, 0.25) is 0 Å². The Balaban J connectivity index is 2.12. The fraction of sp³-hybridized carbons (Fsp3) is 0.571. The number of hydrogen-bond acceptors (Lipinski definition) is 2. The number of alkyl halides is 3. The highest BCUT2D eigenvalue weighted by Gasteiger charge is 2.31. The first-order valence-corrected chi connectivity index (χ1v) is 6.62. The molecule has 112 valence electrons. The van der Waals surface area contributed by atoms with Crippen LogP contribution in [0.2, 0.25) is 0 Å². The average molecular weight is 291 g/mol. The SMILES string of the molecule is OC1CCCN(Cc2cc(C(F)(F)F)ccc2F)CC1. The first-order chi connectivity index (χ1) is 9.36. The highest BCUT2D eigenvalue weighted by atomic mass is 19.4. The van der Waals surface area contributed by atoms with Crippen molar-refractivity contribution in [2.75, 3.05) is 13.1 Å². The molecule has 0 aliphatic carbocycles. The Morgan fingerprint density at radius 1 is 1.20 bits per heavy atom. The highest BCUT2D eigenvalue weighted by molar-refractivity contribution is 5.27. The van der Waals surface area contributed by atoms with E-state index >= 15 is 0 Å².